The van der Waals surface area contributed by atoms with Crippen LogP contribution in [-0.4, -0.2) is 72.7 Å². The normalized spacial score (nSPS) is 20.4. The molecule has 40 heavy (non-hydrogen) atoms. The molecule has 3 N–H and O–H groups in total. The van der Waals surface area contributed by atoms with Gasteiger partial charge in [-0.05, 0) is 42.7 Å². The molecule has 0 spiro atoms. The number of methoxy groups -OCH3 is 2. The highest BCUT2D eigenvalue weighted by atomic mass is 16.5. The summed E-state index contributed by atoms with van der Waals surface area (Å²) in [4.78, 5) is 35.4. The van der Waals surface area contributed by atoms with E-state index < -0.39 is 0 Å². The number of amides is 2. The van der Waals surface area contributed by atoms with Crippen molar-refractivity contribution in [3.8, 4) is 23.0 Å². The van der Waals surface area contributed by atoms with Gasteiger partial charge in [0.05, 0.1) is 26.8 Å². The summed E-state index contributed by atoms with van der Waals surface area (Å²) >= 11 is 0. The largest absolute Gasteiger partial charge is 0.496 e. The molecule has 4 bridgehead atoms. The molecule has 2 amide bonds. The van der Waals surface area contributed by atoms with Gasteiger partial charge in [-0.1, -0.05) is 6.07 Å². The Morgan fingerprint density at radius 2 is 1.93 bits per heavy atom. The highest BCUT2D eigenvalue weighted by Gasteiger charge is 2.33. The Labute approximate surface area is 233 Å². The summed E-state index contributed by atoms with van der Waals surface area (Å²) in [5.74, 6) is 2.74. The van der Waals surface area contributed by atoms with E-state index >= 15 is 0 Å². The second-order valence-electron chi connectivity index (χ2n) is 9.91. The Balaban J connectivity index is 1.40. The molecule has 3 aliphatic heterocycles. The van der Waals surface area contributed by atoms with Gasteiger partial charge in [0, 0.05) is 50.1 Å². The maximum Gasteiger partial charge on any atom is 0.258 e. The summed E-state index contributed by atoms with van der Waals surface area (Å²) in [5, 5.41) is 6.09. The van der Waals surface area contributed by atoms with Crippen LogP contribution in [0.5, 0.6) is 23.0 Å². The molecule has 212 valence electrons. The number of imidazole rings is 1. The van der Waals surface area contributed by atoms with Crippen LogP contribution < -0.4 is 29.6 Å². The van der Waals surface area contributed by atoms with E-state index in [1.807, 2.05) is 30.3 Å². The van der Waals surface area contributed by atoms with Crippen molar-refractivity contribution in [2.75, 3.05) is 33.9 Å². The Morgan fingerprint density at radius 3 is 2.73 bits per heavy atom. The lowest BCUT2D eigenvalue weighted by molar-refractivity contribution is -0.125. The number of aryl methyl sites for hydroxylation is 1. The maximum atomic E-state index is 13.1. The molecule has 0 aliphatic carbocycles. The molecule has 2 atom stereocenters. The van der Waals surface area contributed by atoms with Crippen molar-refractivity contribution in [1.82, 2.24) is 25.5 Å². The van der Waals surface area contributed by atoms with Gasteiger partial charge in [0.25, 0.3) is 5.91 Å². The monoisotopic (exact) mass is 549 g/mol. The third-order valence-corrected chi connectivity index (χ3v) is 7.16. The Morgan fingerprint density at radius 1 is 1.05 bits per heavy atom. The first-order chi connectivity index (χ1) is 19.5. The van der Waals surface area contributed by atoms with Gasteiger partial charge in [-0.2, -0.15) is 0 Å². The van der Waals surface area contributed by atoms with E-state index in [1.54, 1.807) is 32.7 Å². The number of fused-ring (bicyclic) bond motifs is 9. The van der Waals surface area contributed by atoms with Crippen LogP contribution in [0.25, 0.3) is 0 Å². The zero-order valence-corrected chi connectivity index (χ0v) is 22.8. The topological polar surface area (TPSA) is 127 Å². The number of hydrogen-bond donors (Lipinski definition) is 3. The number of nitrogens with one attached hydrogen (secondary N) is 3. The van der Waals surface area contributed by atoms with Gasteiger partial charge in [0.1, 0.15) is 23.4 Å². The molecule has 2 aromatic carbocycles. The van der Waals surface area contributed by atoms with Crippen molar-refractivity contribution in [2.24, 2.45) is 0 Å². The summed E-state index contributed by atoms with van der Waals surface area (Å²) in [5.41, 5.74) is 1.75. The fourth-order valence-corrected chi connectivity index (χ4v) is 5.06. The van der Waals surface area contributed by atoms with Crippen molar-refractivity contribution in [3.63, 3.8) is 0 Å². The highest BCUT2D eigenvalue weighted by molar-refractivity contribution is 5.78. The van der Waals surface area contributed by atoms with E-state index in [1.165, 1.54) is 0 Å². The first-order valence-corrected chi connectivity index (χ1v) is 13.4. The zero-order valence-electron chi connectivity index (χ0n) is 22.8. The molecule has 0 unspecified atom stereocenters. The number of piperidine rings is 1. The van der Waals surface area contributed by atoms with E-state index in [-0.39, 0.29) is 30.6 Å². The third kappa shape index (κ3) is 6.84. The number of aromatic nitrogens is 2. The van der Waals surface area contributed by atoms with Gasteiger partial charge in [0.15, 0.2) is 18.1 Å². The van der Waals surface area contributed by atoms with Crippen LogP contribution >= 0.6 is 0 Å². The molecule has 1 aromatic heterocycles. The summed E-state index contributed by atoms with van der Waals surface area (Å²) in [7, 11) is 3.14. The van der Waals surface area contributed by atoms with Crippen LogP contribution in [0.2, 0.25) is 0 Å². The quantitative estimate of drug-likeness (QED) is 0.452. The van der Waals surface area contributed by atoms with Gasteiger partial charge in [-0.3, -0.25) is 14.5 Å². The van der Waals surface area contributed by atoms with Gasteiger partial charge >= 0.3 is 0 Å². The van der Waals surface area contributed by atoms with Gasteiger partial charge < -0.3 is 34.6 Å². The minimum absolute atomic E-state index is 0.0814. The van der Waals surface area contributed by atoms with Gasteiger partial charge in [0.2, 0.25) is 5.91 Å². The minimum Gasteiger partial charge on any atom is -0.496 e. The lowest BCUT2D eigenvalue weighted by atomic mass is 10.0. The van der Waals surface area contributed by atoms with E-state index in [2.05, 4.69) is 25.5 Å². The summed E-state index contributed by atoms with van der Waals surface area (Å²) in [6.45, 7) is 2.14. The number of ether oxygens (including phenoxy) is 4. The van der Waals surface area contributed by atoms with E-state index in [9.17, 15) is 9.59 Å². The summed E-state index contributed by atoms with van der Waals surface area (Å²) < 4.78 is 23.3. The smallest absolute Gasteiger partial charge is 0.258 e. The predicted octanol–water partition coefficient (Wildman–Crippen LogP) is 2.21. The van der Waals surface area contributed by atoms with Crippen LogP contribution in [0.3, 0.4) is 0 Å². The van der Waals surface area contributed by atoms with E-state index in [0.29, 0.717) is 61.9 Å². The Bertz CT molecular complexity index is 1310. The average molecular weight is 550 g/mol. The molecule has 6 rings (SSSR count). The zero-order chi connectivity index (χ0) is 27.9. The Kier molecular flexibility index (Phi) is 8.70. The minimum atomic E-state index is -0.292. The van der Waals surface area contributed by atoms with Crippen LogP contribution in [0.15, 0.2) is 48.8 Å². The molecule has 11 nitrogen and oxygen atoms in total. The molecular formula is C29H35N5O6. The molecule has 3 aromatic rings. The van der Waals surface area contributed by atoms with Crippen molar-refractivity contribution < 1.29 is 28.5 Å². The van der Waals surface area contributed by atoms with Crippen molar-refractivity contribution in [1.29, 1.82) is 0 Å². The average Bonchev–Trinajstić information content (AvgIpc) is 3.48. The number of rotatable bonds is 4. The number of aromatic amines is 1. The number of hydrogen-bond acceptors (Lipinski definition) is 8. The van der Waals surface area contributed by atoms with Crippen molar-refractivity contribution >= 4 is 11.8 Å². The van der Waals surface area contributed by atoms with Crippen LogP contribution in [0.1, 0.15) is 29.8 Å². The number of nitrogens with zero attached hydrogens (tertiary/aromatic N) is 2. The lowest BCUT2D eigenvalue weighted by Gasteiger charge is -2.38. The van der Waals surface area contributed by atoms with E-state index in [0.717, 1.165) is 23.5 Å². The number of H-pyrrole nitrogens is 1. The number of carbonyl (C=O) groups excluding carboxylic acids is 2. The molecule has 4 heterocycles. The molecule has 1 saturated heterocycles. The molecule has 11 heteroatoms. The molecular weight excluding hydrogens is 514 g/mol. The fourth-order valence-electron chi connectivity index (χ4n) is 5.06. The predicted molar refractivity (Wildman–Crippen MR) is 146 cm³/mol. The van der Waals surface area contributed by atoms with Gasteiger partial charge in [-0.15, -0.1) is 0 Å². The van der Waals surface area contributed by atoms with Crippen molar-refractivity contribution in [3.05, 3.63) is 65.7 Å². The number of likely N-dealkylation sites (tertiary alicyclic amines) is 1. The second-order valence-corrected chi connectivity index (χ2v) is 9.91. The maximum absolute atomic E-state index is 13.1. The highest BCUT2D eigenvalue weighted by Crippen LogP contribution is 2.30. The van der Waals surface area contributed by atoms with Gasteiger partial charge in [-0.25, -0.2) is 4.98 Å². The number of carbonyl (C=O) groups is 2. The first kappa shape index (κ1) is 27.3. The second kappa shape index (κ2) is 12.7. The first-order valence-electron chi connectivity index (χ1n) is 13.4. The van der Waals surface area contributed by atoms with Crippen LogP contribution in [0, 0.1) is 0 Å². The molecule has 0 radical (unpaired) electrons. The summed E-state index contributed by atoms with van der Waals surface area (Å²) in [6.07, 6.45) is 4.77. The van der Waals surface area contributed by atoms with E-state index in [4.69, 9.17) is 18.9 Å². The van der Waals surface area contributed by atoms with Crippen LogP contribution in [0.4, 0.5) is 0 Å². The third-order valence-electron chi connectivity index (χ3n) is 7.16. The molecule has 3 aliphatic rings. The molecule has 0 saturated carbocycles. The molecule has 1 fully saturated rings. The number of benzene rings is 2. The SMILES string of the molecule is COc1cc2ccc1CNC(=O)CCc1ccc(OC)c(c1)OCC(=O)N[C@@H]1CN(Cc3ncc[nH]3)CC[C@@H]1O2. The Hall–Kier alpha value is -4.25. The van der Waals surface area contributed by atoms with Crippen LogP contribution in [-0.2, 0) is 29.1 Å². The standard InChI is InChI=1S/C29H35N5O6/c1-37-24-7-3-19-4-8-28(35)32-15-20-5-6-21(14-25(20)38-2)40-23-9-12-34(17-27-30-10-11-31-27)16-22(23)33-29(36)18-39-26(24)13-19/h3,5-7,10-11,13-14,22-23H,4,8-9,12,15-18H2,1-2H3,(H,30,31)(H,32,35)(H,33,36)/t22-,23+/m1/s1. The lowest BCUT2D eigenvalue weighted by Crippen LogP contribution is -2.57. The summed E-state index contributed by atoms with van der Waals surface area (Å²) in [6, 6.07) is 10.8. The van der Waals surface area contributed by atoms with Crippen molar-refractivity contribution in [2.45, 2.75) is 44.5 Å². The fraction of sp³-hybridized carbons (Fsp3) is 0.414.